The molecule has 2 heterocycles. The third-order valence-electron chi connectivity index (χ3n) is 4.20. The summed E-state index contributed by atoms with van der Waals surface area (Å²) in [6.45, 7) is 2.60. The van der Waals surface area contributed by atoms with Gasteiger partial charge in [-0.1, -0.05) is 0 Å². The fourth-order valence-electron chi connectivity index (χ4n) is 2.99. The standard InChI is InChI=1S/C17H22N4O3/c1-23-15-3-4-16(21-6-2-5-19-21)13(9-15)11-20-7-8-24-12-14(20)10-17(18)22/h2-6,9,14H,7-8,10-12H2,1H3,(H2,18,22)/t14-/m0/s1. The first-order valence-electron chi connectivity index (χ1n) is 7.94. The highest BCUT2D eigenvalue weighted by atomic mass is 16.5. The van der Waals surface area contributed by atoms with Crippen LogP contribution in [-0.2, 0) is 16.1 Å². The van der Waals surface area contributed by atoms with Gasteiger partial charge in [0.25, 0.3) is 0 Å². The van der Waals surface area contributed by atoms with Gasteiger partial charge in [-0.2, -0.15) is 5.10 Å². The molecule has 1 fully saturated rings. The molecule has 1 atom stereocenters. The molecule has 128 valence electrons. The highest BCUT2D eigenvalue weighted by Crippen LogP contribution is 2.24. The molecule has 0 saturated carbocycles. The molecular formula is C17H22N4O3. The summed E-state index contributed by atoms with van der Waals surface area (Å²) in [4.78, 5) is 13.6. The number of aromatic nitrogens is 2. The summed E-state index contributed by atoms with van der Waals surface area (Å²) in [5.41, 5.74) is 7.45. The molecule has 0 unspecified atom stereocenters. The molecule has 0 bridgehead atoms. The first-order valence-corrected chi connectivity index (χ1v) is 7.94. The number of ether oxygens (including phenoxy) is 2. The number of rotatable bonds is 6. The lowest BCUT2D eigenvalue weighted by Crippen LogP contribution is -2.46. The molecule has 1 saturated heterocycles. The normalized spacial score (nSPS) is 18.5. The van der Waals surface area contributed by atoms with E-state index >= 15 is 0 Å². The maximum absolute atomic E-state index is 11.3. The summed E-state index contributed by atoms with van der Waals surface area (Å²) in [6.07, 6.45) is 3.95. The lowest BCUT2D eigenvalue weighted by Gasteiger charge is -2.35. The fourth-order valence-corrected chi connectivity index (χ4v) is 2.99. The van der Waals surface area contributed by atoms with Crippen molar-refractivity contribution in [2.24, 2.45) is 5.73 Å². The summed E-state index contributed by atoms with van der Waals surface area (Å²) in [6, 6.07) is 7.80. The smallest absolute Gasteiger partial charge is 0.219 e. The lowest BCUT2D eigenvalue weighted by atomic mass is 10.1. The Morgan fingerprint density at radius 2 is 2.38 bits per heavy atom. The Morgan fingerprint density at radius 3 is 3.08 bits per heavy atom. The van der Waals surface area contributed by atoms with Gasteiger partial charge in [-0.3, -0.25) is 9.69 Å². The molecule has 0 aliphatic carbocycles. The highest BCUT2D eigenvalue weighted by molar-refractivity contribution is 5.74. The van der Waals surface area contributed by atoms with E-state index < -0.39 is 0 Å². The zero-order valence-electron chi connectivity index (χ0n) is 13.7. The zero-order chi connectivity index (χ0) is 16.9. The van der Waals surface area contributed by atoms with Crippen LogP contribution in [0.4, 0.5) is 0 Å². The summed E-state index contributed by atoms with van der Waals surface area (Å²) in [5.74, 6) is 0.481. The average Bonchev–Trinajstić information content (AvgIpc) is 3.10. The number of amides is 1. The van der Waals surface area contributed by atoms with Crippen LogP contribution in [0.5, 0.6) is 5.75 Å². The number of hydrogen-bond acceptors (Lipinski definition) is 5. The van der Waals surface area contributed by atoms with E-state index in [2.05, 4.69) is 10.00 Å². The lowest BCUT2D eigenvalue weighted by molar-refractivity contribution is -0.121. The number of hydrogen-bond donors (Lipinski definition) is 1. The molecule has 7 heteroatoms. The average molecular weight is 330 g/mol. The zero-order valence-corrected chi connectivity index (χ0v) is 13.7. The second-order valence-electron chi connectivity index (χ2n) is 5.81. The summed E-state index contributed by atoms with van der Waals surface area (Å²) in [5, 5.41) is 4.32. The van der Waals surface area contributed by atoms with Crippen LogP contribution in [0, 0.1) is 0 Å². The van der Waals surface area contributed by atoms with Crippen molar-refractivity contribution in [3.63, 3.8) is 0 Å². The van der Waals surface area contributed by atoms with E-state index in [9.17, 15) is 4.79 Å². The van der Waals surface area contributed by atoms with E-state index in [-0.39, 0.29) is 11.9 Å². The number of nitrogens with zero attached hydrogens (tertiary/aromatic N) is 3. The Balaban J connectivity index is 1.88. The maximum atomic E-state index is 11.3. The van der Waals surface area contributed by atoms with Gasteiger partial charge in [-0.15, -0.1) is 0 Å². The minimum atomic E-state index is -0.312. The van der Waals surface area contributed by atoms with Gasteiger partial charge in [0.15, 0.2) is 0 Å². The first-order chi connectivity index (χ1) is 11.7. The van der Waals surface area contributed by atoms with Gasteiger partial charge in [0, 0.05) is 37.9 Å². The van der Waals surface area contributed by atoms with Crippen molar-refractivity contribution in [1.29, 1.82) is 0 Å². The number of carbonyl (C=O) groups excluding carboxylic acids is 1. The molecule has 0 spiro atoms. The van der Waals surface area contributed by atoms with Crippen molar-refractivity contribution in [3.8, 4) is 11.4 Å². The van der Waals surface area contributed by atoms with Crippen molar-refractivity contribution in [2.45, 2.75) is 19.0 Å². The monoisotopic (exact) mass is 330 g/mol. The second-order valence-corrected chi connectivity index (χ2v) is 5.81. The van der Waals surface area contributed by atoms with Crippen molar-refractivity contribution < 1.29 is 14.3 Å². The van der Waals surface area contributed by atoms with E-state index in [1.165, 1.54) is 0 Å². The van der Waals surface area contributed by atoms with E-state index in [0.717, 1.165) is 23.5 Å². The van der Waals surface area contributed by atoms with Crippen LogP contribution in [0.15, 0.2) is 36.7 Å². The van der Waals surface area contributed by atoms with E-state index in [0.29, 0.717) is 26.2 Å². The minimum Gasteiger partial charge on any atom is -0.497 e. The molecule has 0 radical (unpaired) electrons. The first kappa shape index (κ1) is 16.5. The van der Waals surface area contributed by atoms with Gasteiger partial charge < -0.3 is 15.2 Å². The molecule has 24 heavy (non-hydrogen) atoms. The van der Waals surface area contributed by atoms with E-state index in [1.54, 1.807) is 13.3 Å². The van der Waals surface area contributed by atoms with Gasteiger partial charge in [0.05, 0.1) is 26.0 Å². The van der Waals surface area contributed by atoms with Gasteiger partial charge in [-0.05, 0) is 29.8 Å². The van der Waals surface area contributed by atoms with Crippen LogP contribution in [0.1, 0.15) is 12.0 Å². The van der Waals surface area contributed by atoms with Crippen LogP contribution in [0.3, 0.4) is 0 Å². The van der Waals surface area contributed by atoms with Crippen molar-refractivity contribution >= 4 is 5.91 Å². The van der Waals surface area contributed by atoms with Crippen LogP contribution in [-0.4, -0.2) is 53.5 Å². The van der Waals surface area contributed by atoms with Gasteiger partial charge >= 0.3 is 0 Å². The third-order valence-corrected chi connectivity index (χ3v) is 4.20. The van der Waals surface area contributed by atoms with Gasteiger partial charge in [0.2, 0.25) is 5.91 Å². The Labute approximate surface area is 140 Å². The summed E-state index contributed by atoms with van der Waals surface area (Å²) in [7, 11) is 1.65. The third kappa shape index (κ3) is 3.74. The number of primary amides is 1. The molecular weight excluding hydrogens is 308 g/mol. The Bertz CT molecular complexity index is 687. The highest BCUT2D eigenvalue weighted by Gasteiger charge is 2.25. The van der Waals surface area contributed by atoms with Crippen molar-refractivity contribution in [3.05, 3.63) is 42.2 Å². The predicted octanol–water partition coefficient (Wildman–Crippen LogP) is 0.957. The second kappa shape index (κ2) is 7.46. The van der Waals surface area contributed by atoms with Crippen LogP contribution >= 0.6 is 0 Å². The van der Waals surface area contributed by atoms with Crippen molar-refractivity contribution in [1.82, 2.24) is 14.7 Å². The Morgan fingerprint density at radius 1 is 1.50 bits per heavy atom. The molecule has 7 nitrogen and oxygen atoms in total. The number of nitrogens with two attached hydrogens (primary N) is 1. The molecule has 1 aliphatic heterocycles. The van der Waals surface area contributed by atoms with Crippen LogP contribution < -0.4 is 10.5 Å². The van der Waals surface area contributed by atoms with Crippen LogP contribution in [0.2, 0.25) is 0 Å². The molecule has 2 N–H and O–H groups in total. The molecule has 1 aromatic carbocycles. The predicted molar refractivity (Wildman–Crippen MR) is 88.9 cm³/mol. The number of carbonyl (C=O) groups is 1. The van der Waals surface area contributed by atoms with Crippen molar-refractivity contribution in [2.75, 3.05) is 26.9 Å². The Kier molecular flexibility index (Phi) is 5.12. The largest absolute Gasteiger partial charge is 0.497 e. The molecule has 1 aliphatic rings. The molecule has 1 amide bonds. The molecule has 2 aromatic rings. The summed E-state index contributed by atoms with van der Waals surface area (Å²) < 4.78 is 12.7. The van der Waals surface area contributed by atoms with Crippen LogP contribution in [0.25, 0.3) is 5.69 Å². The van der Waals surface area contributed by atoms with E-state index in [4.69, 9.17) is 15.2 Å². The summed E-state index contributed by atoms with van der Waals surface area (Å²) >= 11 is 0. The SMILES string of the molecule is COc1ccc(-n2cccn2)c(CN2CCOC[C@@H]2CC(N)=O)c1. The molecule has 3 rings (SSSR count). The quantitative estimate of drug-likeness (QED) is 0.853. The topological polar surface area (TPSA) is 82.6 Å². The number of morpholine rings is 1. The van der Waals surface area contributed by atoms with Gasteiger partial charge in [0.1, 0.15) is 5.75 Å². The Hall–Kier alpha value is -2.38. The fraction of sp³-hybridized carbons (Fsp3) is 0.412. The van der Waals surface area contributed by atoms with Gasteiger partial charge in [-0.25, -0.2) is 4.68 Å². The maximum Gasteiger partial charge on any atom is 0.219 e. The number of benzene rings is 1. The minimum absolute atomic E-state index is 0.00655. The number of methoxy groups -OCH3 is 1. The molecule has 1 aromatic heterocycles. The van der Waals surface area contributed by atoms with E-state index in [1.807, 2.05) is 35.1 Å².